The van der Waals surface area contributed by atoms with E-state index in [1.807, 2.05) is 0 Å². The highest BCUT2D eigenvalue weighted by Crippen LogP contribution is 2.69. The summed E-state index contributed by atoms with van der Waals surface area (Å²) in [6, 6.07) is 160. The van der Waals surface area contributed by atoms with Crippen molar-refractivity contribution < 1.29 is 4.42 Å². The molecule has 2 spiro atoms. The highest BCUT2D eigenvalue weighted by molar-refractivity contribution is 7.19. The van der Waals surface area contributed by atoms with Gasteiger partial charge in [-0.25, -0.2) is 0 Å². The Labute approximate surface area is 789 Å². The van der Waals surface area contributed by atoms with Crippen molar-refractivity contribution >= 4 is 139 Å². The van der Waals surface area contributed by atoms with Gasteiger partial charge in [0.25, 0.3) is 0 Å². The highest BCUT2D eigenvalue weighted by atomic mass is 28.3. The summed E-state index contributed by atoms with van der Waals surface area (Å²) in [7, 11) is -2.73. The van der Waals surface area contributed by atoms with Crippen molar-refractivity contribution in [2.75, 3.05) is 9.80 Å². The Morgan fingerprint density at radius 2 is 0.874 bits per heavy atom. The van der Waals surface area contributed by atoms with Crippen LogP contribution in [0.25, 0.3) is 121 Å². The summed E-state index contributed by atoms with van der Waals surface area (Å²) in [5.74, 6) is 5.43. The minimum absolute atomic E-state index is 0.237. The van der Waals surface area contributed by atoms with E-state index in [4.69, 9.17) is 17.4 Å². The molecule has 135 heavy (non-hydrogen) atoms. The van der Waals surface area contributed by atoms with Crippen molar-refractivity contribution in [2.45, 2.75) is 81.0 Å². The fraction of sp³-hybridized carbons (Fsp3) is 0.147. The molecule has 5 saturated carbocycles. The van der Waals surface area contributed by atoms with Gasteiger partial charge in [-0.05, 0) is 259 Å². The van der Waals surface area contributed by atoms with Gasteiger partial charge in [-0.2, -0.15) is 0 Å². The lowest BCUT2D eigenvalue weighted by Gasteiger charge is -2.58. The van der Waals surface area contributed by atoms with Crippen LogP contribution in [-0.4, -0.2) is 17.2 Å². The van der Waals surface area contributed by atoms with E-state index in [2.05, 4.69) is 456 Å². The van der Waals surface area contributed by atoms with E-state index in [1.165, 1.54) is 142 Å². The van der Waals surface area contributed by atoms with Crippen LogP contribution in [0.3, 0.4) is 0 Å². The molecular weight excluding hydrogens is 1650 g/mol. The van der Waals surface area contributed by atoms with Gasteiger partial charge in [0.15, 0.2) is 8.07 Å². The minimum Gasteiger partial charge on any atom is -0.456 e. The van der Waals surface area contributed by atoms with Crippen LogP contribution in [0.15, 0.2) is 436 Å². The Bertz CT molecular complexity index is 8270. The second-order valence-corrected chi connectivity index (χ2v) is 43.4. The molecule has 9 atom stereocenters. The van der Waals surface area contributed by atoms with E-state index in [1.54, 1.807) is 0 Å². The Balaban J connectivity index is 0.611. The van der Waals surface area contributed by atoms with E-state index in [0.717, 1.165) is 119 Å². The lowest BCUT2D eigenvalue weighted by molar-refractivity contribution is 0.0363. The third kappa shape index (κ3) is 11.5. The van der Waals surface area contributed by atoms with Crippen molar-refractivity contribution in [3.63, 3.8) is 0 Å². The van der Waals surface area contributed by atoms with Crippen LogP contribution in [0.5, 0.6) is 0 Å². The third-order valence-electron chi connectivity index (χ3n) is 33.4. The minimum atomic E-state index is -2.73. The number of aromatic nitrogens is 2. The van der Waals surface area contributed by atoms with Crippen LogP contribution < -0.4 is 30.5 Å². The van der Waals surface area contributed by atoms with Crippen molar-refractivity contribution in [1.82, 2.24) is 9.13 Å². The number of anilines is 6. The molecule has 6 heteroatoms. The molecule has 21 aromatic rings. The van der Waals surface area contributed by atoms with E-state index in [-0.39, 0.29) is 34.0 Å². The molecule has 5 fully saturated rings. The van der Waals surface area contributed by atoms with E-state index in [0.29, 0.717) is 17.8 Å². The predicted molar refractivity (Wildman–Crippen MR) is 566 cm³/mol. The standard InChI is InChI=1S/C129H100N4OSi/c1-4-85-79-93-77-84(3)78-94(80-85)129(93)110-52-25-28-55-116(110)133-119-81-90(65-72-107(119)124-118(76-74-112(129)126(124)133)131(113-56-30-34-88-33-18-19-46-103(88)113)97-68-61-89(62-69-97)102-45-20-21-47-104(102)105-50-32-58-121-122(105)108-49-23-29-57-120(108)134-121)127(5-2)82-92-36-31-35-91(127)83-128(92)109-51-24-27-54-115(109)132-114-53-26-22-48-106(114)123-117(75-73-111(128)125(123)132)130(95-37-10-6-11-38-95)96-66-59-86(60-67-96)87-63-70-101(71-64-87)135(98-39-12-7-13-40-98,99-41-14-8-15-42-99)100-43-16-9-17-44-100/h1,5-30,32-34,37-76,81,84-85,91-94H,2,31,35-36,77-80,82-83H2,3H3/t84-,85+,91?,92-,93+,94-,127?,128?,129?/m1/s1. The van der Waals surface area contributed by atoms with Crippen LogP contribution in [0.2, 0.25) is 0 Å². The van der Waals surface area contributed by atoms with E-state index in [9.17, 15) is 0 Å². The molecule has 5 aliphatic carbocycles. The summed E-state index contributed by atoms with van der Waals surface area (Å²) in [6.45, 7) is 7.63. The number of terminal acetylenes is 1. The van der Waals surface area contributed by atoms with Crippen molar-refractivity contribution in [2.24, 2.45) is 35.5 Å². The number of rotatable bonds is 15. The molecule has 4 bridgehead atoms. The normalized spacial score (nSPS) is 20.8. The Morgan fingerprint density at radius 3 is 1.57 bits per heavy atom. The molecule has 5 heterocycles. The molecule has 2 aliphatic heterocycles. The Kier molecular flexibility index (Phi) is 18.2. The van der Waals surface area contributed by atoms with Crippen LogP contribution in [0, 0.1) is 47.9 Å². The second kappa shape index (κ2) is 30.9. The van der Waals surface area contributed by atoms with Crippen molar-refractivity contribution in [1.29, 1.82) is 0 Å². The number of para-hydroxylation sites is 5. The summed E-state index contributed by atoms with van der Waals surface area (Å²) >= 11 is 0. The van der Waals surface area contributed by atoms with Crippen LogP contribution in [-0.2, 0) is 16.2 Å². The molecule has 28 rings (SSSR count). The van der Waals surface area contributed by atoms with Gasteiger partial charge in [-0.1, -0.05) is 347 Å². The first-order valence-corrected chi connectivity index (χ1v) is 50.8. The molecular formula is C129H100N4OSi. The average Bonchev–Trinajstić information content (AvgIpc) is 1.51. The largest absolute Gasteiger partial charge is 0.456 e. The Hall–Kier alpha value is -15.3. The molecule has 18 aromatic carbocycles. The monoisotopic (exact) mass is 1750 g/mol. The van der Waals surface area contributed by atoms with Crippen molar-refractivity contribution in [3.05, 3.63) is 459 Å². The van der Waals surface area contributed by atoms with Gasteiger partial charge < -0.3 is 23.4 Å². The number of hydrogen-bond donors (Lipinski definition) is 0. The van der Waals surface area contributed by atoms with Gasteiger partial charge in [-0.15, -0.1) is 18.9 Å². The first-order chi connectivity index (χ1) is 66.7. The number of furan rings is 1. The fourth-order valence-electron chi connectivity index (χ4n) is 28.1. The van der Waals surface area contributed by atoms with Gasteiger partial charge >= 0.3 is 0 Å². The number of hydrogen-bond acceptors (Lipinski definition) is 3. The SMILES string of the molecule is C#C[C@@H]1C[C@H]2C[C@H](C)C[C@@H](C1)C21c2ccccc2-n2c3cc(C4(C=C)C[C@H]5CCCC4CC54c5ccccc5-n5c6ccccc6c6c(N(c7ccccc7)c7ccc(-c8ccc([Si](c9ccccc9)(c9ccccc9)c9ccccc9)cc8)cc7)ccc4c65)ccc3c3c(N(c4ccc(-c5ccccc5-c5cccc6oc7ccccc7c56)cc4)c4cccc5ccccc45)ccc1c32. The first kappa shape index (κ1) is 79.5. The third-order valence-corrected chi connectivity index (χ3v) is 38.2. The van der Waals surface area contributed by atoms with Crippen LogP contribution in [0.4, 0.5) is 34.1 Å². The number of fused-ring (bicyclic) bond motifs is 17. The van der Waals surface area contributed by atoms with Crippen molar-refractivity contribution in [3.8, 4) is 57.1 Å². The molecule has 646 valence electrons. The highest BCUT2D eigenvalue weighted by Gasteiger charge is 2.61. The first-order valence-electron chi connectivity index (χ1n) is 48.8. The zero-order chi connectivity index (χ0) is 89.4. The molecule has 0 radical (unpaired) electrons. The lowest BCUT2D eigenvalue weighted by atomic mass is 9.45. The van der Waals surface area contributed by atoms with Gasteiger partial charge in [-0.3, -0.25) is 0 Å². The molecule has 0 N–H and O–H groups in total. The number of nitrogens with zero attached hydrogens (tertiary/aromatic N) is 4. The predicted octanol–water partition coefficient (Wildman–Crippen LogP) is 30.5. The second-order valence-electron chi connectivity index (χ2n) is 39.6. The summed E-state index contributed by atoms with van der Waals surface area (Å²) in [5, 5.41) is 15.2. The van der Waals surface area contributed by atoms with Gasteiger partial charge in [0.05, 0.1) is 50.5 Å². The summed E-state index contributed by atoms with van der Waals surface area (Å²) in [5.41, 5.74) is 29.5. The smallest absolute Gasteiger partial charge is 0.179 e. The van der Waals surface area contributed by atoms with Crippen LogP contribution in [0.1, 0.15) is 92.5 Å². The molecule has 0 amide bonds. The number of benzene rings is 18. The summed E-state index contributed by atoms with van der Waals surface area (Å²) in [6.07, 6.45) is 18.7. The lowest BCUT2D eigenvalue weighted by Crippen LogP contribution is -2.74. The molecule has 3 aromatic heterocycles. The zero-order valence-corrected chi connectivity index (χ0v) is 76.7. The van der Waals surface area contributed by atoms with Gasteiger partial charge in [0.2, 0.25) is 0 Å². The van der Waals surface area contributed by atoms with E-state index >= 15 is 0 Å². The quantitative estimate of drug-likeness (QED) is 0.0443. The number of allylic oxidation sites excluding steroid dienone is 1. The summed E-state index contributed by atoms with van der Waals surface area (Å²) in [4.78, 5) is 5.16. The Morgan fingerprint density at radius 1 is 0.370 bits per heavy atom. The molecule has 7 aliphatic rings. The van der Waals surface area contributed by atoms with Gasteiger partial charge in [0.1, 0.15) is 11.2 Å². The maximum Gasteiger partial charge on any atom is 0.179 e. The molecule has 4 unspecified atom stereocenters. The van der Waals surface area contributed by atoms with Gasteiger partial charge in [0, 0.05) is 76.9 Å². The maximum atomic E-state index is 6.65. The zero-order valence-electron chi connectivity index (χ0n) is 75.7. The van der Waals surface area contributed by atoms with E-state index < -0.39 is 8.07 Å². The van der Waals surface area contributed by atoms with Crippen LogP contribution >= 0.6 is 0 Å². The summed E-state index contributed by atoms with van der Waals surface area (Å²) < 4.78 is 12.0. The molecule has 0 saturated heterocycles. The maximum absolute atomic E-state index is 6.65. The average molecular weight is 1750 g/mol. The fourth-order valence-corrected chi connectivity index (χ4v) is 32.8. The molecule has 5 nitrogen and oxygen atoms in total. The topological polar surface area (TPSA) is 29.5 Å².